The van der Waals surface area contributed by atoms with Crippen LogP contribution in [0.15, 0.2) is 30.5 Å². The Morgan fingerprint density at radius 3 is 2.68 bits per heavy atom. The Labute approximate surface area is 134 Å². The number of ether oxygens (including phenoxy) is 2. The lowest BCUT2D eigenvalue weighted by molar-refractivity contribution is -0.142. The number of rotatable bonds is 8. The van der Waals surface area contributed by atoms with Crippen LogP contribution in [0.1, 0.15) is 18.9 Å². The van der Waals surface area contributed by atoms with Crippen LogP contribution in [0.25, 0.3) is 0 Å². The van der Waals surface area contributed by atoms with E-state index in [1.54, 1.807) is 25.1 Å². The van der Waals surface area contributed by atoms with Gasteiger partial charge in [-0.15, -0.1) is 0 Å². The highest BCUT2D eigenvalue weighted by atomic mass is 35.5. The van der Waals surface area contributed by atoms with E-state index in [1.807, 2.05) is 6.92 Å². The van der Waals surface area contributed by atoms with Gasteiger partial charge in [0.2, 0.25) is 0 Å². The van der Waals surface area contributed by atoms with E-state index in [9.17, 15) is 9.59 Å². The van der Waals surface area contributed by atoms with E-state index in [-0.39, 0.29) is 13.0 Å². The highest BCUT2D eigenvalue weighted by molar-refractivity contribution is 6.30. The molecule has 0 heterocycles. The number of hydrogen-bond donors (Lipinski definition) is 2. The zero-order valence-corrected chi connectivity index (χ0v) is 13.3. The van der Waals surface area contributed by atoms with Crippen molar-refractivity contribution in [2.24, 2.45) is 0 Å². The summed E-state index contributed by atoms with van der Waals surface area (Å²) in [5.41, 5.74) is 6.08. The van der Waals surface area contributed by atoms with Crippen molar-refractivity contribution in [3.8, 4) is 5.75 Å². The molecule has 0 unspecified atom stereocenters. The molecule has 0 atom stereocenters. The molecule has 0 saturated heterocycles. The van der Waals surface area contributed by atoms with Crippen molar-refractivity contribution < 1.29 is 19.1 Å². The molecule has 1 aromatic carbocycles. The van der Waals surface area contributed by atoms with Gasteiger partial charge in [-0.05, 0) is 37.6 Å². The van der Waals surface area contributed by atoms with E-state index < -0.39 is 11.9 Å². The maximum absolute atomic E-state index is 11.6. The van der Waals surface area contributed by atoms with E-state index in [0.29, 0.717) is 23.1 Å². The Bertz CT molecular complexity index is 560. The smallest absolute Gasteiger partial charge is 0.311 e. The number of amides is 1. The Kier molecular flexibility index (Phi) is 7.25. The summed E-state index contributed by atoms with van der Waals surface area (Å²) in [4.78, 5) is 22.8. The summed E-state index contributed by atoms with van der Waals surface area (Å²) in [6.07, 6.45) is -0.0225. The quantitative estimate of drug-likeness (QED) is 0.565. The fourth-order valence-electron chi connectivity index (χ4n) is 1.54. The highest BCUT2D eigenvalue weighted by Crippen LogP contribution is 2.21. The van der Waals surface area contributed by atoms with Gasteiger partial charge in [-0.2, -0.15) is 0 Å². The molecule has 7 heteroatoms. The SMILES string of the molecule is C=C(CC(=O)OCC)NNC(=O)COc1ccc(Cl)cc1C. The lowest BCUT2D eigenvalue weighted by atomic mass is 10.2. The van der Waals surface area contributed by atoms with Crippen LogP contribution in [0.2, 0.25) is 5.02 Å². The first-order valence-electron chi connectivity index (χ1n) is 6.69. The van der Waals surface area contributed by atoms with Crippen LogP contribution in [0.3, 0.4) is 0 Å². The maximum Gasteiger partial charge on any atom is 0.311 e. The van der Waals surface area contributed by atoms with Crippen molar-refractivity contribution in [3.63, 3.8) is 0 Å². The van der Waals surface area contributed by atoms with Gasteiger partial charge in [0.15, 0.2) is 6.61 Å². The first-order valence-corrected chi connectivity index (χ1v) is 7.07. The standard InChI is InChI=1S/C15H19ClN2O4/c1-4-21-15(20)8-11(3)17-18-14(19)9-22-13-6-5-12(16)7-10(13)2/h5-7,17H,3-4,8-9H2,1-2H3,(H,18,19). The zero-order chi connectivity index (χ0) is 16.5. The van der Waals surface area contributed by atoms with Crippen molar-refractivity contribution in [1.29, 1.82) is 0 Å². The highest BCUT2D eigenvalue weighted by Gasteiger charge is 2.08. The third-order valence-electron chi connectivity index (χ3n) is 2.54. The summed E-state index contributed by atoms with van der Waals surface area (Å²) in [5.74, 6) is -0.244. The van der Waals surface area contributed by atoms with Gasteiger partial charge in [0.1, 0.15) is 5.75 Å². The number of carbonyl (C=O) groups excluding carboxylic acids is 2. The topological polar surface area (TPSA) is 76.7 Å². The Hall–Kier alpha value is -2.21. The summed E-state index contributed by atoms with van der Waals surface area (Å²) in [5, 5.41) is 0.603. The second kappa shape index (κ2) is 8.94. The molecule has 120 valence electrons. The summed E-state index contributed by atoms with van der Waals surface area (Å²) in [6.45, 7) is 7.27. The molecule has 0 saturated carbocycles. The number of halogens is 1. The van der Waals surface area contributed by atoms with Crippen molar-refractivity contribution in [2.45, 2.75) is 20.3 Å². The maximum atomic E-state index is 11.6. The monoisotopic (exact) mass is 326 g/mol. The number of benzene rings is 1. The summed E-state index contributed by atoms with van der Waals surface area (Å²) in [7, 11) is 0. The lowest BCUT2D eigenvalue weighted by Crippen LogP contribution is -2.40. The van der Waals surface area contributed by atoms with Crippen molar-refractivity contribution in [3.05, 3.63) is 41.1 Å². The second-order valence-corrected chi connectivity index (χ2v) is 4.89. The van der Waals surface area contributed by atoms with Gasteiger partial charge in [0.25, 0.3) is 5.91 Å². The van der Waals surface area contributed by atoms with E-state index in [0.717, 1.165) is 5.56 Å². The molecule has 0 aliphatic carbocycles. The molecular weight excluding hydrogens is 308 g/mol. The van der Waals surface area contributed by atoms with E-state index in [4.69, 9.17) is 21.1 Å². The summed E-state index contributed by atoms with van der Waals surface area (Å²) in [6, 6.07) is 5.12. The average molecular weight is 327 g/mol. The summed E-state index contributed by atoms with van der Waals surface area (Å²) >= 11 is 5.84. The fourth-order valence-corrected chi connectivity index (χ4v) is 1.77. The molecule has 0 aliphatic rings. The Morgan fingerprint density at radius 2 is 2.05 bits per heavy atom. The summed E-state index contributed by atoms with van der Waals surface area (Å²) < 4.78 is 10.1. The fraction of sp³-hybridized carbons (Fsp3) is 0.333. The third-order valence-corrected chi connectivity index (χ3v) is 2.77. The molecule has 22 heavy (non-hydrogen) atoms. The van der Waals surface area contributed by atoms with Crippen molar-refractivity contribution in [2.75, 3.05) is 13.2 Å². The number of aryl methyl sites for hydroxylation is 1. The normalized spacial score (nSPS) is 9.77. The minimum Gasteiger partial charge on any atom is -0.483 e. The van der Waals surface area contributed by atoms with Crippen LogP contribution >= 0.6 is 11.6 Å². The number of hydrogen-bond acceptors (Lipinski definition) is 5. The van der Waals surface area contributed by atoms with Crippen molar-refractivity contribution >= 4 is 23.5 Å². The van der Waals surface area contributed by atoms with E-state index >= 15 is 0 Å². The Balaban J connectivity index is 2.31. The third kappa shape index (κ3) is 6.49. The minimum atomic E-state index is -0.415. The van der Waals surface area contributed by atoms with Gasteiger partial charge in [0, 0.05) is 10.7 Å². The van der Waals surface area contributed by atoms with Crippen LogP contribution in [0, 0.1) is 6.92 Å². The predicted molar refractivity (Wildman–Crippen MR) is 83.4 cm³/mol. The first-order chi connectivity index (χ1) is 10.4. The predicted octanol–water partition coefficient (Wildman–Crippen LogP) is 2.11. The molecule has 1 aromatic rings. The number of esters is 1. The molecule has 1 amide bonds. The molecule has 0 bridgehead atoms. The zero-order valence-electron chi connectivity index (χ0n) is 12.6. The molecule has 0 aromatic heterocycles. The molecular formula is C15H19ClN2O4. The molecule has 0 radical (unpaired) electrons. The van der Waals surface area contributed by atoms with Gasteiger partial charge < -0.3 is 14.9 Å². The first kappa shape index (κ1) is 17.8. The molecule has 0 fully saturated rings. The van der Waals surface area contributed by atoms with Crippen LogP contribution < -0.4 is 15.6 Å². The average Bonchev–Trinajstić information content (AvgIpc) is 2.44. The van der Waals surface area contributed by atoms with Crippen LogP contribution in [-0.2, 0) is 14.3 Å². The minimum absolute atomic E-state index is 0.0225. The lowest BCUT2D eigenvalue weighted by Gasteiger charge is -2.12. The molecule has 0 spiro atoms. The number of nitrogens with one attached hydrogen (secondary N) is 2. The molecule has 0 aliphatic heterocycles. The number of carbonyl (C=O) groups is 2. The van der Waals surface area contributed by atoms with E-state index in [2.05, 4.69) is 17.4 Å². The number of hydrazine groups is 1. The Morgan fingerprint density at radius 1 is 1.32 bits per heavy atom. The largest absolute Gasteiger partial charge is 0.483 e. The van der Waals surface area contributed by atoms with Gasteiger partial charge in [-0.3, -0.25) is 15.0 Å². The van der Waals surface area contributed by atoms with Crippen LogP contribution in [-0.4, -0.2) is 25.1 Å². The molecule has 1 rings (SSSR count). The van der Waals surface area contributed by atoms with Gasteiger partial charge in [-0.1, -0.05) is 18.2 Å². The van der Waals surface area contributed by atoms with Crippen LogP contribution in [0.4, 0.5) is 0 Å². The van der Waals surface area contributed by atoms with Crippen molar-refractivity contribution in [1.82, 2.24) is 10.9 Å². The van der Waals surface area contributed by atoms with Crippen LogP contribution in [0.5, 0.6) is 5.75 Å². The molecule has 2 N–H and O–H groups in total. The van der Waals surface area contributed by atoms with E-state index in [1.165, 1.54) is 0 Å². The molecule has 6 nitrogen and oxygen atoms in total. The second-order valence-electron chi connectivity index (χ2n) is 4.46. The van der Waals surface area contributed by atoms with Gasteiger partial charge >= 0.3 is 5.97 Å². The van der Waals surface area contributed by atoms with Gasteiger partial charge in [0.05, 0.1) is 13.0 Å². The van der Waals surface area contributed by atoms with Gasteiger partial charge in [-0.25, -0.2) is 0 Å².